The average molecular weight is 399 g/mol. The van der Waals surface area contributed by atoms with E-state index in [0.29, 0.717) is 0 Å². The Balaban J connectivity index is 2.23. The Labute approximate surface area is 159 Å². The van der Waals surface area contributed by atoms with Crippen LogP contribution in [-0.2, 0) is 23.8 Å². The molecule has 2 unspecified atom stereocenters. The fraction of sp³-hybridized carbons (Fsp3) is 0.556. The monoisotopic (exact) mass is 399 g/mol. The van der Waals surface area contributed by atoms with Crippen LogP contribution in [0.15, 0.2) is 29.2 Å². The van der Waals surface area contributed by atoms with E-state index in [-0.39, 0.29) is 17.9 Å². The Bertz CT molecular complexity index is 826. The third-order valence-electron chi connectivity index (χ3n) is 4.25. The first kappa shape index (κ1) is 21.2. The van der Waals surface area contributed by atoms with Gasteiger partial charge in [-0.25, -0.2) is 9.59 Å². The van der Waals surface area contributed by atoms with Crippen LogP contribution in [0.4, 0.5) is 4.79 Å². The lowest BCUT2D eigenvalue weighted by atomic mass is 9.99. The van der Waals surface area contributed by atoms with Gasteiger partial charge in [0, 0.05) is 6.42 Å². The molecule has 8 nitrogen and oxygen atoms in total. The summed E-state index contributed by atoms with van der Waals surface area (Å²) in [7, 11) is -4.09. The van der Waals surface area contributed by atoms with Crippen molar-refractivity contribution in [3.05, 3.63) is 29.8 Å². The Morgan fingerprint density at radius 3 is 2.26 bits per heavy atom. The molecule has 2 rings (SSSR count). The summed E-state index contributed by atoms with van der Waals surface area (Å²) in [6.45, 7) is 7.95. The minimum Gasteiger partial charge on any atom is -0.480 e. The Hall–Kier alpha value is -2.13. The normalized spacial score (nSPS) is 23.3. The molecule has 1 heterocycles. The van der Waals surface area contributed by atoms with Gasteiger partial charge in [0.2, 0.25) is 0 Å². The second-order valence-electron chi connectivity index (χ2n) is 7.86. The van der Waals surface area contributed by atoms with Crippen LogP contribution < -0.4 is 0 Å². The molecule has 1 amide bonds. The Morgan fingerprint density at radius 2 is 1.78 bits per heavy atom. The van der Waals surface area contributed by atoms with Crippen LogP contribution in [0.2, 0.25) is 0 Å². The van der Waals surface area contributed by atoms with E-state index in [9.17, 15) is 23.1 Å². The van der Waals surface area contributed by atoms with Crippen molar-refractivity contribution >= 4 is 22.2 Å². The molecule has 0 radical (unpaired) electrons. The number of carbonyl (C=O) groups is 2. The first-order valence-corrected chi connectivity index (χ1v) is 9.89. The molecule has 1 aliphatic heterocycles. The number of nitrogens with zero attached hydrogens (tertiary/aromatic N) is 1. The van der Waals surface area contributed by atoms with E-state index in [1.165, 1.54) is 19.1 Å². The second kappa shape index (κ2) is 7.12. The van der Waals surface area contributed by atoms with Crippen molar-refractivity contribution in [1.82, 2.24) is 4.90 Å². The average Bonchev–Trinajstić information content (AvgIpc) is 2.83. The fourth-order valence-corrected chi connectivity index (χ4v) is 3.89. The van der Waals surface area contributed by atoms with Crippen LogP contribution in [0.1, 0.15) is 39.7 Å². The highest BCUT2D eigenvalue weighted by atomic mass is 32.2. The van der Waals surface area contributed by atoms with Crippen molar-refractivity contribution in [1.29, 1.82) is 0 Å². The van der Waals surface area contributed by atoms with E-state index in [1.54, 1.807) is 32.9 Å². The predicted molar refractivity (Wildman–Crippen MR) is 96.8 cm³/mol. The molecule has 0 saturated carbocycles. The quantitative estimate of drug-likeness (QED) is 0.775. The fourth-order valence-electron chi connectivity index (χ4n) is 2.82. The zero-order chi connectivity index (χ0) is 20.6. The van der Waals surface area contributed by atoms with Gasteiger partial charge in [0.1, 0.15) is 11.1 Å². The van der Waals surface area contributed by atoms with Gasteiger partial charge in [-0.3, -0.25) is 9.08 Å². The molecule has 0 spiro atoms. The highest BCUT2D eigenvalue weighted by molar-refractivity contribution is 7.86. The lowest BCUT2D eigenvalue weighted by Crippen LogP contribution is -2.52. The molecule has 1 aromatic rings. The molecule has 1 aromatic carbocycles. The van der Waals surface area contributed by atoms with Crippen LogP contribution >= 0.6 is 0 Å². The van der Waals surface area contributed by atoms with Gasteiger partial charge in [-0.15, -0.1) is 0 Å². The molecule has 1 aliphatic rings. The van der Waals surface area contributed by atoms with E-state index in [2.05, 4.69) is 0 Å². The number of aryl methyl sites for hydroxylation is 1. The highest BCUT2D eigenvalue weighted by Crippen LogP contribution is 2.34. The van der Waals surface area contributed by atoms with Crippen molar-refractivity contribution < 1.29 is 32.0 Å². The number of carbonyl (C=O) groups excluding carboxylic acids is 1. The standard InChI is InChI=1S/C18H25NO7S/c1-12-6-8-14(9-7-12)27(23,24)26-13-10-18(5,15(20)21)19(11-13)16(22)25-17(2,3)4/h6-9,13H,10-11H2,1-5H3,(H,20,21). The number of hydrogen-bond acceptors (Lipinski definition) is 6. The van der Waals surface area contributed by atoms with Gasteiger partial charge in [0.05, 0.1) is 17.5 Å². The van der Waals surface area contributed by atoms with Gasteiger partial charge in [-0.1, -0.05) is 17.7 Å². The van der Waals surface area contributed by atoms with Gasteiger partial charge in [-0.05, 0) is 46.8 Å². The molecule has 9 heteroatoms. The summed E-state index contributed by atoms with van der Waals surface area (Å²) in [6, 6.07) is 6.11. The van der Waals surface area contributed by atoms with E-state index < -0.39 is 39.4 Å². The summed E-state index contributed by atoms with van der Waals surface area (Å²) in [5, 5.41) is 9.60. The van der Waals surface area contributed by atoms with Crippen LogP contribution in [0.3, 0.4) is 0 Å². The minimum atomic E-state index is -4.09. The largest absolute Gasteiger partial charge is 0.480 e. The smallest absolute Gasteiger partial charge is 0.411 e. The number of likely N-dealkylation sites (tertiary alicyclic amines) is 1. The van der Waals surface area contributed by atoms with Crippen molar-refractivity contribution in [2.24, 2.45) is 0 Å². The molecule has 150 valence electrons. The van der Waals surface area contributed by atoms with Crippen molar-refractivity contribution in [2.75, 3.05) is 6.54 Å². The van der Waals surface area contributed by atoms with Crippen LogP contribution in [-0.4, -0.2) is 54.3 Å². The number of hydrogen-bond donors (Lipinski definition) is 1. The zero-order valence-corrected chi connectivity index (χ0v) is 16.9. The summed E-state index contributed by atoms with van der Waals surface area (Å²) >= 11 is 0. The van der Waals surface area contributed by atoms with Crippen molar-refractivity contribution in [2.45, 2.75) is 63.2 Å². The maximum absolute atomic E-state index is 12.5. The molecule has 0 bridgehead atoms. The van der Waals surface area contributed by atoms with Gasteiger partial charge in [-0.2, -0.15) is 8.42 Å². The molecule has 2 atom stereocenters. The maximum Gasteiger partial charge on any atom is 0.411 e. The van der Waals surface area contributed by atoms with E-state index in [4.69, 9.17) is 8.92 Å². The van der Waals surface area contributed by atoms with Gasteiger partial charge in [0.25, 0.3) is 10.1 Å². The van der Waals surface area contributed by atoms with Gasteiger partial charge >= 0.3 is 12.1 Å². The maximum atomic E-state index is 12.5. The highest BCUT2D eigenvalue weighted by Gasteiger charge is 2.53. The summed E-state index contributed by atoms with van der Waals surface area (Å²) in [6.07, 6.45) is -2.00. The van der Waals surface area contributed by atoms with Gasteiger partial charge < -0.3 is 9.84 Å². The van der Waals surface area contributed by atoms with E-state index >= 15 is 0 Å². The molecular formula is C18H25NO7S. The second-order valence-corrected chi connectivity index (χ2v) is 9.43. The van der Waals surface area contributed by atoms with Gasteiger partial charge in [0.15, 0.2) is 0 Å². The Kier molecular flexibility index (Phi) is 5.58. The first-order valence-electron chi connectivity index (χ1n) is 8.48. The molecule has 1 fully saturated rings. The molecule has 1 saturated heterocycles. The van der Waals surface area contributed by atoms with Crippen molar-refractivity contribution in [3.8, 4) is 0 Å². The van der Waals surface area contributed by atoms with Crippen LogP contribution in [0, 0.1) is 6.92 Å². The first-order chi connectivity index (χ1) is 12.2. The molecular weight excluding hydrogens is 374 g/mol. The summed E-state index contributed by atoms with van der Waals surface area (Å²) in [5.41, 5.74) is -1.55. The van der Waals surface area contributed by atoms with E-state index in [1.807, 2.05) is 6.92 Å². The number of rotatable bonds is 4. The zero-order valence-electron chi connectivity index (χ0n) is 16.1. The molecule has 0 aliphatic carbocycles. The summed E-state index contributed by atoms with van der Waals surface area (Å²) in [4.78, 5) is 25.2. The third kappa shape index (κ3) is 4.78. The lowest BCUT2D eigenvalue weighted by Gasteiger charge is -2.32. The predicted octanol–water partition coefficient (Wildman–Crippen LogP) is 2.55. The minimum absolute atomic E-state index is 0.0270. The summed E-state index contributed by atoms with van der Waals surface area (Å²) in [5.74, 6) is -1.26. The molecule has 27 heavy (non-hydrogen) atoms. The van der Waals surface area contributed by atoms with E-state index in [0.717, 1.165) is 10.5 Å². The number of carboxylic acid groups (broad SMARTS) is 1. The SMILES string of the molecule is Cc1ccc(S(=O)(=O)OC2CN(C(=O)OC(C)(C)C)C(C)(C(=O)O)C2)cc1. The lowest BCUT2D eigenvalue weighted by molar-refractivity contribution is -0.148. The number of carboxylic acids is 1. The number of amides is 1. The van der Waals surface area contributed by atoms with Crippen LogP contribution in [0.25, 0.3) is 0 Å². The Morgan fingerprint density at radius 1 is 1.22 bits per heavy atom. The topological polar surface area (TPSA) is 110 Å². The number of aliphatic carboxylic acids is 1. The third-order valence-corrected chi connectivity index (χ3v) is 5.63. The molecule has 0 aromatic heterocycles. The van der Waals surface area contributed by atoms with Crippen LogP contribution in [0.5, 0.6) is 0 Å². The van der Waals surface area contributed by atoms with Crippen molar-refractivity contribution in [3.63, 3.8) is 0 Å². The molecule has 1 N–H and O–H groups in total. The number of ether oxygens (including phenoxy) is 1. The number of benzene rings is 1. The summed E-state index contributed by atoms with van der Waals surface area (Å²) < 4.78 is 35.5.